The van der Waals surface area contributed by atoms with Crippen molar-refractivity contribution in [3.63, 3.8) is 0 Å². The largest absolute Gasteiger partial charge is 0.497 e. The molecule has 2 bridgehead atoms. The van der Waals surface area contributed by atoms with Gasteiger partial charge >= 0.3 is 0 Å². The second kappa shape index (κ2) is 4.39. The minimum absolute atomic E-state index is 0.404. The highest BCUT2D eigenvalue weighted by atomic mass is 16.5. The summed E-state index contributed by atoms with van der Waals surface area (Å²) >= 11 is 0. The van der Waals surface area contributed by atoms with Gasteiger partial charge in [0.25, 0.3) is 0 Å². The van der Waals surface area contributed by atoms with Crippen molar-refractivity contribution in [3.8, 4) is 11.5 Å². The summed E-state index contributed by atoms with van der Waals surface area (Å²) < 4.78 is 10.7. The molecule has 1 N–H and O–H groups in total. The summed E-state index contributed by atoms with van der Waals surface area (Å²) in [5.74, 6) is 5.29. The van der Waals surface area contributed by atoms with Crippen molar-refractivity contribution < 1.29 is 14.6 Å². The van der Waals surface area contributed by atoms with Gasteiger partial charge in [-0.3, -0.25) is 0 Å². The quantitative estimate of drug-likeness (QED) is 0.917. The fraction of sp³-hybridized carbons (Fsp3) is 0.647. The fourth-order valence-corrected chi connectivity index (χ4v) is 5.09. The molecular formula is C17H22O3. The molecule has 1 aromatic carbocycles. The molecule has 5 unspecified atom stereocenters. The van der Waals surface area contributed by atoms with Crippen LogP contribution in [0.5, 0.6) is 11.5 Å². The summed E-state index contributed by atoms with van der Waals surface area (Å²) in [6.45, 7) is 0. The number of hydrogen-bond donors (Lipinski definition) is 1. The van der Waals surface area contributed by atoms with Gasteiger partial charge < -0.3 is 14.6 Å². The molecule has 3 aliphatic rings. The molecule has 0 heterocycles. The van der Waals surface area contributed by atoms with Crippen LogP contribution < -0.4 is 9.47 Å². The van der Waals surface area contributed by atoms with Gasteiger partial charge in [-0.2, -0.15) is 0 Å². The number of rotatable bonds is 4. The summed E-state index contributed by atoms with van der Waals surface area (Å²) in [7, 11) is 3.32. The van der Waals surface area contributed by atoms with E-state index in [1.54, 1.807) is 14.2 Å². The first kappa shape index (κ1) is 12.5. The lowest BCUT2D eigenvalue weighted by Gasteiger charge is -2.18. The number of aliphatic hydroxyl groups excluding tert-OH is 1. The van der Waals surface area contributed by atoms with Crippen LogP contribution in [0.2, 0.25) is 0 Å². The van der Waals surface area contributed by atoms with Crippen LogP contribution in [0.4, 0.5) is 0 Å². The summed E-state index contributed by atoms with van der Waals surface area (Å²) in [5, 5.41) is 10.8. The van der Waals surface area contributed by atoms with Crippen LogP contribution in [0, 0.1) is 29.6 Å². The van der Waals surface area contributed by atoms with E-state index < -0.39 is 6.10 Å². The number of fused-ring (bicyclic) bond motifs is 5. The molecule has 3 saturated carbocycles. The minimum atomic E-state index is -0.404. The predicted octanol–water partition coefficient (Wildman–Crippen LogP) is 3.03. The Balaban J connectivity index is 1.61. The van der Waals surface area contributed by atoms with Gasteiger partial charge in [0.15, 0.2) is 0 Å². The van der Waals surface area contributed by atoms with Crippen molar-refractivity contribution in [2.75, 3.05) is 14.2 Å². The van der Waals surface area contributed by atoms with Gasteiger partial charge in [-0.25, -0.2) is 0 Å². The molecule has 5 atom stereocenters. The van der Waals surface area contributed by atoms with E-state index in [-0.39, 0.29) is 0 Å². The van der Waals surface area contributed by atoms with E-state index in [1.807, 2.05) is 18.2 Å². The summed E-state index contributed by atoms with van der Waals surface area (Å²) in [6, 6.07) is 5.70. The second-order valence-corrected chi connectivity index (χ2v) is 6.62. The Hall–Kier alpha value is -1.22. The van der Waals surface area contributed by atoms with E-state index >= 15 is 0 Å². The molecule has 3 fully saturated rings. The Bertz CT molecular complexity index is 511. The zero-order valence-electron chi connectivity index (χ0n) is 12.1. The molecule has 0 spiro atoms. The van der Waals surface area contributed by atoms with Crippen LogP contribution in [-0.2, 0) is 0 Å². The summed E-state index contributed by atoms with van der Waals surface area (Å²) in [5.41, 5.74) is 0.894. The van der Waals surface area contributed by atoms with Gasteiger partial charge in [0.2, 0.25) is 0 Å². The van der Waals surface area contributed by atoms with E-state index in [4.69, 9.17) is 9.47 Å². The molecule has 0 aliphatic heterocycles. The zero-order valence-corrected chi connectivity index (χ0v) is 12.1. The van der Waals surface area contributed by atoms with E-state index in [1.165, 1.54) is 19.3 Å². The number of aliphatic hydroxyl groups is 1. The van der Waals surface area contributed by atoms with Crippen molar-refractivity contribution in [1.82, 2.24) is 0 Å². The number of ether oxygens (including phenoxy) is 2. The van der Waals surface area contributed by atoms with Crippen LogP contribution in [-0.4, -0.2) is 19.3 Å². The van der Waals surface area contributed by atoms with E-state index in [2.05, 4.69) is 0 Å². The lowest BCUT2D eigenvalue weighted by Crippen LogP contribution is -2.09. The number of hydrogen-bond acceptors (Lipinski definition) is 3. The maximum Gasteiger partial charge on any atom is 0.124 e. The average molecular weight is 274 g/mol. The first-order valence-corrected chi connectivity index (χ1v) is 7.64. The highest BCUT2D eigenvalue weighted by Gasteiger charge is 2.67. The molecule has 108 valence electrons. The molecule has 3 heteroatoms. The molecule has 0 aromatic heterocycles. The maximum absolute atomic E-state index is 10.8. The second-order valence-electron chi connectivity index (χ2n) is 6.62. The lowest BCUT2D eigenvalue weighted by atomic mass is 9.94. The molecule has 0 saturated heterocycles. The standard InChI is InChI=1S/C17H22O3/c1-19-11-5-6-13(20-2)12(8-11)17(18)16-14-9-3-4-10(7-9)15(14)16/h5-6,8-10,14-18H,3-4,7H2,1-2H3. The monoisotopic (exact) mass is 274 g/mol. The van der Waals surface area contributed by atoms with Gasteiger partial charge in [-0.05, 0) is 67.1 Å². The van der Waals surface area contributed by atoms with Gasteiger partial charge in [0.1, 0.15) is 11.5 Å². The Morgan fingerprint density at radius 2 is 1.80 bits per heavy atom. The topological polar surface area (TPSA) is 38.7 Å². The molecule has 0 radical (unpaired) electrons. The van der Waals surface area contributed by atoms with Crippen LogP contribution in [0.25, 0.3) is 0 Å². The minimum Gasteiger partial charge on any atom is -0.497 e. The fourth-order valence-electron chi connectivity index (χ4n) is 5.09. The van der Waals surface area contributed by atoms with Crippen LogP contribution >= 0.6 is 0 Å². The van der Waals surface area contributed by atoms with Gasteiger partial charge in [-0.1, -0.05) is 0 Å². The van der Waals surface area contributed by atoms with Gasteiger partial charge in [0.05, 0.1) is 20.3 Å². The van der Waals surface area contributed by atoms with Crippen molar-refractivity contribution in [3.05, 3.63) is 23.8 Å². The van der Waals surface area contributed by atoms with E-state index in [0.29, 0.717) is 5.92 Å². The van der Waals surface area contributed by atoms with Gasteiger partial charge in [-0.15, -0.1) is 0 Å². The average Bonchev–Trinajstić information content (AvgIpc) is 2.93. The highest BCUT2D eigenvalue weighted by molar-refractivity contribution is 5.43. The smallest absolute Gasteiger partial charge is 0.124 e. The summed E-state index contributed by atoms with van der Waals surface area (Å²) in [4.78, 5) is 0. The van der Waals surface area contributed by atoms with Crippen molar-refractivity contribution in [2.45, 2.75) is 25.4 Å². The van der Waals surface area contributed by atoms with Crippen molar-refractivity contribution >= 4 is 0 Å². The number of benzene rings is 1. The highest BCUT2D eigenvalue weighted by Crippen LogP contribution is 2.72. The van der Waals surface area contributed by atoms with E-state index in [9.17, 15) is 5.11 Å². The van der Waals surface area contributed by atoms with E-state index in [0.717, 1.165) is 40.7 Å². The Labute approximate surface area is 119 Å². The molecular weight excluding hydrogens is 252 g/mol. The maximum atomic E-state index is 10.8. The van der Waals surface area contributed by atoms with Crippen LogP contribution in [0.3, 0.4) is 0 Å². The molecule has 3 aliphatic carbocycles. The van der Waals surface area contributed by atoms with Crippen molar-refractivity contribution in [2.24, 2.45) is 29.6 Å². The van der Waals surface area contributed by atoms with Crippen LogP contribution in [0.1, 0.15) is 30.9 Å². The molecule has 3 nitrogen and oxygen atoms in total. The Morgan fingerprint density at radius 1 is 1.10 bits per heavy atom. The van der Waals surface area contributed by atoms with Crippen LogP contribution in [0.15, 0.2) is 18.2 Å². The predicted molar refractivity (Wildman–Crippen MR) is 75.8 cm³/mol. The third kappa shape index (κ3) is 1.62. The third-order valence-electron chi connectivity index (χ3n) is 5.91. The van der Waals surface area contributed by atoms with Crippen molar-refractivity contribution in [1.29, 1.82) is 0 Å². The SMILES string of the molecule is COc1ccc(OC)c(C(O)C2C3C4CCC(C4)C32)c1. The zero-order chi connectivity index (χ0) is 13.9. The first-order valence-electron chi connectivity index (χ1n) is 7.64. The molecule has 0 amide bonds. The molecule has 1 aromatic rings. The third-order valence-corrected chi connectivity index (χ3v) is 5.91. The molecule has 20 heavy (non-hydrogen) atoms. The lowest BCUT2D eigenvalue weighted by molar-refractivity contribution is 0.126. The number of methoxy groups -OCH3 is 2. The Morgan fingerprint density at radius 3 is 2.40 bits per heavy atom. The molecule has 4 rings (SSSR count). The normalized spacial score (nSPS) is 38.5. The first-order chi connectivity index (χ1) is 9.74. The van der Waals surface area contributed by atoms with Gasteiger partial charge in [0, 0.05) is 5.56 Å². The Kier molecular flexibility index (Phi) is 2.75. The summed E-state index contributed by atoms with van der Waals surface area (Å²) in [6.07, 6.45) is 3.76.